The van der Waals surface area contributed by atoms with Gasteiger partial charge in [0.25, 0.3) is 0 Å². The molecule has 0 saturated heterocycles. The van der Waals surface area contributed by atoms with Gasteiger partial charge in [0, 0.05) is 13.0 Å². The molecule has 0 aromatic carbocycles. The Morgan fingerprint density at radius 1 is 1.15 bits per heavy atom. The third kappa shape index (κ3) is 4.79. The summed E-state index contributed by atoms with van der Waals surface area (Å²) in [6, 6.07) is 3.55. The van der Waals surface area contributed by atoms with Gasteiger partial charge in [0.15, 0.2) is 8.32 Å². The predicted octanol–water partition coefficient (Wildman–Crippen LogP) is 3.32. The zero-order chi connectivity index (χ0) is 10.3. The summed E-state index contributed by atoms with van der Waals surface area (Å²) in [4.78, 5) is 0. The fraction of sp³-hybridized carbons (Fsp3) is 0.900. The van der Waals surface area contributed by atoms with E-state index in [0.29, 0.717) is 19.1 Å². The fourth-order valence-electron chi connectivity index (χ4n) is 1.47. The zero-order valence-corrected chi connectivity index (χ0v) is 10.4. The number of aliphatic hydroxyl groups excluding tert-OH is 1. The molecule has 0 bridgehead atoms. The molecule has 0 fully saturated rings. The Bertz CT molecular complexity index is 114. The molecule has 0 aromatic rings. The maximum absolute atomic E-state index is 9.02. The number of hydrogen-bond donors (Lipinski definition) is 1. The molecule has 13 heavy (non-hydrogen) atoms. The van der Waals surface area contributed by atoms with E-state index in [1.165, 1.54) is 18.1 Å². The van der Waals surface area contributed by atoms with Gasteiger partial charge < -0.3 is 9.53 Å². The highest BCUT2D eigenvalue weighted by Crippen LogP contribution is 2.22. The van der Waals surface area contributed by atoms with Crippen molar-refractivity contribution in [3.63, 3.8) is 0 Å². The molecule has 1 N–H and O–H groups in total. The van der Waals surface area contributed by atoms with Gasteiger partial charge in [-0.3, -0.25) is 0 Å². The molecule has 0 aliphatic carbocycles. The summed E-state index contributed by atoms with van der Waals surface area (Å²) in [7, 11) is -1.41. The van der Waals surface area contributed by atoms with E-state index >= 15 is 0 Å². The van der Waals surface area contributed by atoms with Gasteiger partial charge in [-0.1, -0.05) is 20.8 Å². The minimum absolute atomic E-state index is 0.478. The topological polar surface area (TPSA) is 29.5 Å². The van der Waals surface area contributed by atoms with Gasteiger partial charge in [0.2, 0.25) is 0 Å². The van der Waals surface area contributed by atoms with Gasteiger partial charge in [-0.2, -0.15) is 0 Å². The van der Waals surface area contributed by atoms with Crippen molar-refractivity contribution in [2.24, 2.45) is 0 Å². The number of aliphatic hydroxyl groups is 1. The van der Waals surface area contributed by atoms with Crippen molar-refractivity contribution in [2.45, 2.75) is 52.2 Å². The molecule has 1 radical (unpaired) electrons. The first-order valence-electron chi connectivity index (χ1n) is 5.25. The summed E-state index contributed by atoms with van der Waals surface area (Å²) in [5.41, 5.74) is 0. The second-order valence-electron chi connectivity index (χ2n) is 3.58. The SMILES string of the molecule is CC[Si](CC)(CC)OCC[C](C)O. The third-order valence-corrected chi connectivity index (χ3v) is 7.49. The Kier molecular flexibility index (Phi) is 6.64. The predicted molar refractivity (Wildman–Crippen MR) is 58.6 cm³/mol. The van der Waals surface area contributed by atoms with Crippen molar-refractivity contribution in [3.8, 4) is 0 Å². The highest BCUT2D eigenvalue weighted by Gasteiger charge is 2.28. The molecule has 0 aliphatic rings. The molecule has 2 nitrogen and oxygen atoms in total. The van der Waals surface area contributed by atoms with Gasteiger partial charge in [0.1, 0.15) is 0 Å². The standard InChI is InChI=1S/C10H23O2Si/c1-5-13(6-2,7-3)12-9-8-10(4)11/h11H,5-9H2,1-4H3. The van der Waals surface area contributed by atoms with Crippen LogP contribution in [0.2, 0.25) is 18.1 Å². The maximum Gasteiger partial charge on any atom is 0.191 e. The van der Waals surface area contributed by atoms with Crippen molar-refractivity contribution < 1.29 is 9.53 Å². The summed E-state index contributed by atoms with van der Waals surface area (Å²) in [5.74, 6) is 0. The summed E-state index contributed by atoms with van der Waals surface area (Å²) in [6.07, 6.45) is 1.17. The first-order valence-corrected chi connectivity index (χ1v) is 7.78. The Morgan fingerprint density at radius 2 is 1.62 bits per heavy atom. The summed E-state index contributed by atoms with van der Waals surface area (Å²) >= 11 is 0. The average molecular weight is 203 g/mol. The van der Waals surface area contributed by atoms with Crippen LogP contribution in [0.1, 0.15) is 34.1 Å². The molecular weight excluding hydrogens is 180 g/mol. The van der Waals surface area contributed by atoms with Crippen LogP contribution < -0.4 is 0 Å². The van der Waals surface area contributed by atoms with Crippen molar-refractivity contribution in [2.75, 3.05) is 6.61 Å². The lowest BCUT2D eigenvalue weighted by atomic mass is 10.3. The largest absolute Gasteiger partial charge is 0.417 e. The van der Waals surface area contributed by atoms with Crippen LogP contribution in [-0.4, -0.2) is 20.0 Å². The molecule has 0 spiro atoms. The van der Waals surface area contributed by atoms with Crippen molar-refractivity contribution in [1.82, 2.24) is 0 Å². The van der Waals surface area contributed by atoms with E-state index in [9.17, 15) is 0 Å². The van der Waals surface area contributed by atoms with Crippen LogP contribution in [0.4, 0.5) is 0 Å². The van der Waals surface area contributed by atoms with Crippen LogP contribution in [-0.2, 0) is 4.43 Å². The van der Waals surface area contributed by atoms with Crippen LogP contribution in [0, 0.1) is 6.10 Å². The fourth-order valence-corrected chi connectivity index (χ4v) is 4.12. The molecule has 0 atom stereocenters. The Morgan fingerprint density at radius 3 is 1.92 bits per heavy atom. The minimum atomic E-state index is -1.41. The molecule has 79 valence electrons. The highest BCUT2D eigenvalue weighted by molar-refractivity contribution is 6.73. The molecule has 0 aromatic heterocycles. The summed E-state index contributed by atoms with van der Waals surface area (Å²) in [5, 5.41) is 9.02. The molecule has 0 saturated carbocycles. The molecule has 0 amide bonds. The van der Waals surface area contributed by atoms with E-state index in [0.717, 1.165) is 0 Å². The maximum atomic E-state index is 9.02. The van der Waals surface area contributed by atoms with Gasteiger partial charge in [-0.25, -0.2) is 0 Å². The molecule has 0 unspecified atom stereocenters. The second-order valence-corrected chi connectivity index (χ2v) is 8.35. The van der Waals surface area contributed by atoms with Gasteiger partial charge >= 0.3 is 0 Å². The molecule has 0 rings (SSSR count). The van der Waals surface area contributed by atoms with Crippen molar-refractivity contribution in [1.29, 1.82) is 0 Å². The van der Waals surface area contributed by atoms with Gasteiger partial charge in [-0.15, -0.1) is 0 Å². The van der Waals surface area contributed by atoms with E-state index in [2.05, 4.69) is 20.8 Å². The van der Waals surface area contributed by atoms with Crippen LogP contribution in [0.3, 0.4) is 0 Å². The van der Waals surface area contributed by atoms with E-state index in [-0.39, 0.29) is 0 Å². The molecule has 0 aliphatic heterocycles. The highest BCUT2D eigenvalue weighted by atomic mass is 28.4. The van der Waals surface area contributed by atoms with Crippen LogP contribution in [0.25, 0.3) is 0 Å². The lowest BCUT2D eigenvalue weighted by molar-refractivity contribution is 0.232. The van der Waals surface area contributed by atoms with Gasteiger partial charge in [-0.05, 0) is 25.1 Å². The lowest BCUT2D eigenvalue weighted by Gasteiger charge is -2.28. The summed E-state index contributed by atoms with van der Waals surface area (Å²) in [6.45, 7) is 9.08. The van der Waals surface area contributed by atoms with E-state index < -0.39 is 8.32 Å². The zero-order valence-electron chi connectivity index (χ0n) is 9.39. The molecular formula is C10H23O2Si. The quantitative estimate of drug-likeness (QED) is 0.643. The molecule has 3 heteroatoms. The Labute approximate surface area is 83.4 Å². The smallest absolute Gasteiger partial charge is 0.191 e. The molecule has 0 heterocycles. The normalized spacial score (nSPS) is 12.5. The average Bonchev–Trinajstić information content (AvgIpc) is 2.13. The first kappa shape index (κ1) is 13.1. The second kappa shape index (κ2) is 6.57. The Balaban J connectivity index is 3.81. The van der Waals surface area contributed by atoms with E-state index in [1.54, 1.807) is 6.92 Å². The number of hydrogen-bond acceptors (Lipinski definition) is 2. The van der Waals surface area contributed by atoms with E-state index in [4.69, 9.17) is 9.53 Å². The van der Waals surface area contributed by atoms with Crippen LogP contribution in [0.15, 0.2) is 0 Å². The summed E-state index contributed by atoms with van der Waals surface area (Å²) < 4.78 is 5.95. The van der Waals surface area contributed by atoms with Crippen molar-refractivity contribution >= 4 is 8.32 Å². The third-order valence-electron chi connectivity index (χ3n) is 2.81. The van der Waals surface area contributed by atoms with Crippen LogP contribution >= 0.6 is 0 Å². The lowest BCUT2D eigenvalue weighted by Crippen LogP contribution is -2.36. The Hall–Kier alpha value is 0.137. The van der Waals surface area contributed by atoms with Crippen LogP contribution in [0.5, 0.6) is 0 Å². The number of rotatable bonds is 7. The monoisotopic (exact) mass is 203 g/mol. The van der Waals surface area contributed by atoms with Gasteiger partial charge in [0.05, 0.1) is 6.10 Å². The van der Waals surface area contributed by atoms with Crippen molar-refractivity contribution in [3.05, 3.63) is 6.10 Å². The van der Waals surface area contributed by atoms with E-state index in [1.807, 2.05) is 0 Å². The first-order chi connectivity index (χ1) is 6.10. The minimum Gasteiger partial charge on any atom is -0.417 e.